The normalized spacial score (nSPS) is 30.2. The molecule has 0 bridgehead atoms. The molecule has 4 nitrogen and oxygen atoms in total. The average molecular weight is 256 g/mol. The van der Waals surface area contributed by atoms with Crippen molar-refractivity contribution in [3.8, 4) is 0 Å². The van der Waals surface area contributed by atoms with E-state index in [9.17, 15) is 4.79 Å². The Morgan fingerprint density at radius 1 is 1.22 bits per heavy atom. The van der Waals surface area contributed by atoms with Crippen LogP contribution < -0.4 is 11.1 Å². The SMILES string of the molecule is CC1CCC(N)CCC(OC(=O)NC(C)(C)C)C1. The molecule has 1 fully saturated rings. The van der Waals surface area contributed by atoms with E-state index in [1.807, 2.05) is 20.8 Å². The first kappa shape index (κ1) is 15.3. The second kappa shape index (κ2) is 6.41. The van der Waals surface area contributed by atoms with Crippen LogP contribution in [0.1, 0.15) is 59.8 Å². The summed E-state index contributed by atoms with van der Waals surface area (Å²) in [5, 5.41) is 2.84. The van der Waals surface area contributed by atoms with Crippen molar-refractivity contribution in [1.82, 2.24) is 5.32 Å². The number of carbonyl (C=O) groups excluding carboxylic acids is 1. The first-order valence-electron chi connectivity index (χ1n) is 7.00. The largest absolute Gasteiger partial charge is 0.446 e. The molecular formula is C14H28N2O2. The Kier molecular flexibility index (Phi) is 5.45. The van der Waals surface area contributed by atoms with Gasteiger partial charge in [-0.25, -0.2) is 4.79 Å². The Labute approximate surface area is 111 Å². The number of nitrogens with one attached hydrogen (secondary N) is 1. The van der Waals surface area contributed by atoms with Crippen LogP contribution in [0.15, 0.2) is 0 Å². The Bertz CT molecular complexity index is 273. The first-order valence-corrected chi connectivity index (χ1v) is 7.00. The van der Waals surface area contributed by atoms with E-state index in [2.05, 4.69) is 12.2 Å². The van der Waals surface area contributed by atoms with E-state index < -0.39 is 0 Å². The van der Waals surface area contributed by atoms with Crippen LogP contribution in [-0.2, 0) is 4.74 Å². The molecule has 106 valence electrons. The van der Waals surface area contributed by atoms with Gasteiger partial charge in [0, 0.05) is 11.6 Å². The molecule has 0 aromatic rings. The van der Waals surface area contributed by atoms with Gasteiger partial charge in [0.2, 0.25) is 0 Å². The van der Waals surface area contributed by atoms with Crippen LogP contribution in [0.3, 0.4) is 0 Å². The minimum atomic E-state index is -0.311. The van der Waals surface area contributed by atoms with Gasteiger partial charge in [-0.3, -0.25) is 0 Å². The first-order chi connectivity index (χ1) is 8.26. The monoisotopic (exact) mass is 256 g/mol. The van der Waals surface area contributed by atoms with Crippen molar-refractivity contribution in [3.05, 3.63) is 0 Å². The minimum absolute atomic E-state index is 0.00806. The molecule has 18 heavy (non-hydrogen) atoms. The zero-order chi connectivity index (χ0) is 13.8. The maximum absolute atomic E-state index is 11.7. The van der Waals surface area contributed by atoms with Gasteiger partial charge in [-0.1, -0.05) is 6.92 Å². The number of carbonyl (C=O) groups is 1. The molecule has 1 aliphatic rings. The maximum atomic E-state index is 11.7. The summed E-state index contributed by atoms with van der Waals surface area (Å²) < 4.78 is 5.52. The molecule has 1 saturated carbocycles. The highest BCUT2D eigenvalue weighted by Crippen LogP contribution is 2.23. The van der Waals surface area contributed by atoms with Crippen LogP contribution in [0.4, 0.5) is 4.79 Å². The minimum Gasteiger partial charge on any atom is -0.446 e. The number of hydrogen-bond donors (Lipinski definition) is 2. The zero-order valence-corrected chi connectivity index (χ0v) is 12.2. The fourth-order valence-corrected chi connectivity index (χ4v) is 2.32. The summed E-state index contributed by atoms with van der Waals surface area (Å²) in [5.41, 5.74) is 5.76. The van der Waals surface area contributed by atoms with E-state index >= 15 is 0 Å². The third-order valence-electron chi connectivity index (χ3n) is 3.31. The van der Waals surface area contributed by atoms with Crippen molar-refractivity contribution < 1.29 is 9.53 Å². The van der Waals surface area contributed by atoms with Crippen molar-refractivity contribution in [2.75, 3.05) is 0 Å². The number of rotatable bonds is 1. The summed E-state index contributed by atoms with van der Waals surface area (Å²) in [6.45, 7) is 8.05. The highest BCUT2D eigenvalue weighted by atomic mass is 16.6. The third-order valence-corrected chi connectivity index (χ3v) is 3.31. The summed E-state index contributed by atoms with van der Waals surface area (Å²) in [5.74, 6) is 0.573. The van der Waals surface area contributed by atoms with Crippen LogP contribution in [0.25, 0.3) is 0 Å². The fourth-order valence-electron chi connectivity index (χ4n) is 2.32. The van der Waals surface area contributed by atoms with Crippen LogP contribution in [0, 0.1) is 5.92 Å². The molecule has 3 atom stereocenters. The van der Waals surface area contributed by atoms with Crippen LogP contribution in [0.5, 0.6) is 0 Å². The third kappa shape index (κ3) is 6.24. The molecule has 0 saturated heterocycles. The Morgan fingerprint density at radius 3 is 2.44 bits per heavy atom. The fraction of sp³-hybridized carbons (Fsp3) is 0.929. The number of nitrogens with two attached hydrogens (primary N) is 1. The van der Waals surface area contributed by atoms with E-state index in [-0.39, 0.29) is 23.8 Å². The predicted molar refractivity (Wildman–Crippen MR) is 73.4 cm³/mol. The molecule has 1 amide bonds. The van der Waals surface area contributed by atoms with Gasteiger partial charge in [-0.15, -0.1) is 0 Å². The van der Waals surface area contributed by atoms with Crippen LogP contribution in [0.2, 0.25) is 0 Å². The van der Waals surface area contributed by atoms with E-state index in [1.165, 1.54) is 0 Å². The second-order valence-electron chi connectivity index (χ2n) is 6.66. The van der Waals surface area contributed by atoms with Gasteiger partial charge in [0.1, 0.15) is 6.10 Å². The number of ether oxygens (including phenoxy) is 1. The molecule has 0 spiro atoms. The lowest BCUT2D eigenvalue weighted by molar-refractivity contribution is 0.0656. The molecule has 4 heteroatoms. The van der Waals surface area contributed by atoms with E-state index in [1.54, 1.807) is 0 Å². The molecule has 0 heterocycles. The van der Waals surface area contributed by atoms with Crippen molar-refractivity contribution >= 4 is 6.09 Å². The summed E-state index contributed by atoms with van der Waals surface area (Å²) in [7, 11) is 0. The molecule has 0 aromatic carbocycles. The van der Waals surface area contributed by atoms with Gasteiger partial charge in [0.05, 0.1) is 0 Å². The second-order valence-corrected chi connectivity index (χ2v) is 6.66. The highest BCUT2D eigenvalue weighted by Gasteiger charge is 2.23. The standard InChI is InChI=1S/C14H28N2O2/c1-10-5-6-11(15)7-8-12(9-10)18-13(17)16-14(2,3)4/h10-12H,5-9,15H2,1-4H3,(H,16,17). The number of alkyl carbamates (subject to hydrolysis) is 1. The Hall–Kier alpha value is -0.770. The molecule has 0 aromatic heterocycles. The lowest BCUT2D eigenvalue weighted by Crippen LogP contribution is -2.42. The van der Waals surface area contributed by atoms with Crippen molar-refractivity contribution in [2.24, 2.45) is 11.7 Å². The topological polar surface area (TPSA) is 64.3 Å². The van der Waals surface area contributed by atoms with E-state index in [0.29, 0.717) is 5.92 Å². The average Bonchev–Trinajstić information content (AvgIpc) is 2.18. The summed E-state index contributed by atoms with van der Waals surface area (Å²) in [6, 6.07) is 0.254. The molecule has 3 N–H and O–H groups in total. The molecule has 1 aliphatic carbocycles. The van der Waals surface area contributed by atoms with Crippen molar-refractivity contribution in [3.63, 3.8) is 0 Å². The van der Waals surface area contributed by atoms with Crippen LogP contribution >= 0.6 is 0 Å². The molecule has 3 unspecified atom stereocenters. The predicted octanol–water partition coefficient (Wildman–Crippen LogP) is 2.81. The van der Waals surface area contributed by atoms with Gasteiger partial charge < -0.3 is 15.8 Å². The van der Waals surface area contributed by atoms with Crippen LogP contribution in [-0.4, -0.2) is 23.8 Å². The highest BCUT2D eigenvalue weighted by molar-refractivity contribution is 5.68. The molecule has 0 radical (unpaired) electrons. The Morgan fingerprint density at radius 2 is 1.83 bits per heavy atom. The zero-order valence-electron chi connectivity index (χ0n) is 12.2. The molecule has 1 rings (SSSR count). The van der Waals surface area contributed by atoms with Crippen molar-refractivity contribution in [1.29, 1.82) is 0 Å². The summed E-state index contributed by atoms with van der Waals surface area (Å²) in [4.78, 5) is 11.7. The molecule has 0 aliphatic heterocycles. The lowest BCUT2D eigenvalue weighted by Gasteiger charge is -2.28. The van der Waals surface area contributed by atoms with E-state index in [4.69, 9.17) is 10.5 Å². The van der Waals surface area contributed by atoms with Gasteiger partial charge in [-0.2, -0.15) is 0 Å². The number of hydrogen-bond acceptors (Lipinski definition) is 3. The van der Waals surface area contributed by atoms with Gasteiger partial charge in [0.25, 0.3) is 0 Å². The van der Waals surface area contributed by atoms with Crippen molar-refractivity contribution in [2.45, 2.75) is 77.5 Å². The Balaban J connectivity index is 2.45. The number of amides is 1. The summed E-state index contributed by atoms with van der Waals surface area (Å²) >= 11 is 0. The van der Waals surface area contributed by atoms with Gasteiger partial charge >= 0.3 is 6.09 Å². The maximum Gasteiger partial charge on any atom is 0.407 e. The molecular weight excluding hydrogens is 228 g/mol. The quantitative estimate of drug-likeness (QED) is 0.758. The van der Waals surface area contributed by atoms with Gasteiger partial charge in [0.15, 0.2) is 0 Å². The summed E-state index contributed by atoms with van der Waals surface area (Å²) in [6.07, 6.45) is 4.68. The lowest BCUT2D eigenvalue weighted by atomic mass is 9.89. The smallest absolute Gasteiger partial charge is 0.407 e. The van der Waals surface area contributed by atoms with E-state index in [0.717, 1.165) is 32.1 Å². The van der Waals surface area contributed by atoms with Gasteiger partial charge in [-0.05, 0) is 58.8 Å².